The van der Waals surface area contributed by atoms with Crippen LogP contribution in [-0.2, 0) is 12.8 Å². The fourth-order valence-corrected chi connectivity index (χ4v) is 2.97. The monoisotopic (exact) mass is 300 g/mol. The molecule has 2 aromatic heterocycles. The van der Waals surface area contributed by atoms with Crippen LogP contribution in [0.15, 0.2) is 47.9 Å². The first kappa shape index (κ1) is 13.6. The van der Waals surface area contributed by atoms with E-state index in [-0.39, 0.29) is 10.6 Å². The van der Waals surface area contributed by atoms with Crippen LogP contribution in [-0.4, -0.2) is 19.5 Å². The number of pyridine rings is 1. The minimum absolute atomic E-state index is 0.108. The highest BCUT2D eigenvalue weighted by molar-refractivity contribution is 7.98. The Labute approximate surface area is 125 Å². The number of imidazole rings is 1. The second kappa shape index (κ2) is 5.53. The summed E-state index contributed by atoms with van der Waals surface area (Å²) in [5, 5.41) is 11.6. The Hall–Kier alpha value is -2.41. The second-order valence-corrected chi connectivity index (χ2v) is 5.52. The van der Waals surface area contributed by atoms with Crippen LogP contribution in [0.5, 0.6) is 0 Å². The van der Waals surface area contributed by atoms with Crippen LogP contribution in [0, 0.1) is 10.1 Å². The van der Waals surface area contributed by atoms with Gasteiger partial charge in [-0.2, -0.15) is 0 Å². The number of nitrogens with zero attached hydrogens (tertiary/aromatic N) is 4. The van der Waals surface area contributed by atoms with Gasteiger partial charge in [0.25, 0.3) is 5.69 Å². The molecule has 0 aliphatic carbocycles. The average Bonchev–Trinajstić information content (AvgIpc) is 2.88. The average molecular weight is 300 g/mol. The molecule has 0 aliphatic rings. The van der Waals surface area contributed by atoms with Crippen LogP contribution >= 0.6 is 11.8 Å². The van der Waals surface area contributed by atoms with Gasteiger partial charge in [0.15, 0.2) is 0 Å². The number of aromatic nitrogens is 3. The highest BCUT2D eigenvalue weighted by Gasteiger charge is 2.09. The highest BCUT2D eigenvalue weighted by Crippen LogP contribution is 2.28. The summed E-state index contributed by atoms with van der Waals surface area (Å²) >= 11 is 1.53. The number of nitro groups is 1. The summed E-state index contributed by atoms with van der Waals surface area (Å²) in [7, 11) is 1.93. The lowest BCUT2D eigenvalue weighted by molar-refractivity contribution is -0.384. The largest absolute Gasteiger partial charge is 0.334 e. The lowest BCUT2D eigenvalue weighted by Gasteiger charge is -2.03. The van der Waals surface area contributed by atoms with Crippen molar-refractivity contribution < 1.29 is 4.92 Å². The first-order valence-corrected chi connectivity index (χ1v) is 7.26. The van der Waals surface area contributed by atoms with Gasteiger partial charge in [0.05, 0.1) is 16.8 Å². The molecule has 0 amide bonds. The Morgan fingerprint density at radius 2 is 2.19 bits per heavy atom. The molecule has 3 rings (SSSR count). The third-order valence-corrected chi connectivity index (χ3v) is 4.16. The Morgan fingerprint density at radius 1 is 1.33 bits per heavy atom. The molecule has 106 valence electrons. The molecule has 0 fully saturated rings. The summed E-state index contributed by atoms with van der Waals surface area (Å²) in [6.45, 7) is 0. The molecule has 0 spiro atoms. The number of nitro benzene ring substituents is 1. The summed E-state index contributed by atoms with van der Waals surface area (Å²) in [4.78, 5) is 19.1. The van der Waals surface area contributed by atoms with Gasteiger partial charge in [0.1, 0.15) is 10.5 Å². The number of thioether (sulfide) groups is 1. The minimum atomic E-state index is -0.383. The Bertz CT molecular complexity index is 816. The van der Waals surface area contributed by atoms with E-state index in [2.05, 4.69) is 9.97 Å². The summed E-state index contributed by atoms with van der Waals surface area (Å²) < 4.78 is 1.94. The van der Waals surface area contributed by atoms with E-state index in [1.165, 1.54) is 17.8 Å². The van der Waals surface area contributed by atoms with E-state index in [9.17, 15) is 10.1 Å². The second-order valence-electron chi connectivity index (χ2n) is 4.55. The molecule has 0 atom stereocenters. The molecule has 6 nitrogen and oxygen atoms in total. The maximum atomic E-state index is 10.8. The predicted octanol–water partition coefficient (Wildman–Crippen LogP) is 3.17. The molecule has 0 saturated heterocycles. The zero-order valence-corrected chi connectivity index (χ0v) is 12.1. The van der Waals surface area contributed by atoms with Gasteiger partial charge in [0.2, 0.25) is 0 Å². The van der Waals surface area contributed by atoms with Crippen molar-refractivity contribution in [2.24, 2.45) is 7.05 Å². The van der Waals surface area contributed by atoms with Crippen LogP contribution in [0.1, 0.15) is 5.56 Å². The number of hydrogen-bond donors (Lipinski definition) is 0. The normalized spacial score (nSPS) is 10.9. The molecule has 7 heteroatoms. The fraction of sp³-hybridized carbons (Fsp3) is 0.143. The third-order valence-electron chi connectivity index (χ3n) is 3.11. The van der Waals surface area contributed by atoms with Gasteiger partial charge in [-0.05, 0) is 11.6 Å². The SMILES string of the molecule is Cn1cnc2c(SCc3cccc([N+](=O)[O-])c3)nccc21. The van der Waals surface area contributed by atoms with Crippen LogP contribution < -0.4 is 0 Å². The lowest BCUT2D eigenvalue weighted by atomic mass is 10.2. The molecule has 1 aromatic carbocycles. The van der Waals surface area contributed by atoms with E-state index in [0.29, 0.717) is 5.75 Å². The summed E-state index contributed by atoms with van der Waals surface area (Å²) in [5.74, 6) is 0.615. The van der Waals surface area contributed by atoms with Crippen molar-refractivity contribution >= 4 is 28.5 Å². The van der Waals surface area contributed by atoms with Crippen molar-refractivity contribution in [3.63, 3.8) is 0 Å². The molecule has 21 heavy (non-hydrogen) atoms. The zero-order chi connectivity index (χ0) is 14.8. The Morgan fingerprint density at radius 3 is 3.00 bits per heavy atom. The maximum absolute atomic E-state index is 10.8. The number of hydrogen-bond acceptors (Lipinski definition) is 5. The van der Waals surface area contributed by atoms with Gasteiger partial charge in [0, 0.05) is 31.1 Å². The van der Waals surface area contributed by atoms with E-state index in [1.54, 1.807) is 24.7 Å². The molecule has 0 saturated carbocycles. The topological polar surface area (TPSA) is 73.8 Å². The van der Waals surface area contributed by atoms with Crippen molar-refractivity contribution in [1.29, 1.82) is 0 Å². The van der Waals surface area contributed by atoms with Crippen molar-refractivity contribution in [1.82, 2.24) is 14.5 Å². The van der Waals surface area contributed by atoms with Gasteiger partial charge in [-0.1, -0.05) is 23.9 Å². The van der Waals surface area contributed by atoms with E-state index in [0.717, 1.165) is 21.6 Å². The summed E-state index contributed by atoms with van der Waals surface area (Å²) in [6.07, 6.45) is 3.50. The number of benzene rings is 1. The molecule has 0 unspecified atom stereocenters. The fourth-order valence-electron chi connectivity index (χ4n) is 2.05. The summed E-state index contributed by atoms with van der Waals surface area (Å²) in [6, 6.07) is 8.57. The van der Waals surface area contributed by atoms with Gasteiger partial charge in [-0.25, -0.2) is 9.97 Å². The van der Waals surface area contributed by atoms with E-state index < -0.39 is 0 Å². The van der Waals surface area contributed by atoms with Gasteiger partial charge >= 0.3 is 0 Å². The van der Waals surface area contributed by atoms with Crippen LogP contribution in [0.4, 0.5) is 5.69 Å². The molecule has 3 aromatic rings. The number of non-ortho nitro benzene ring substituents is 1. The van der Waals surface area contributed by atoms with Crippen molar-refractivity contribution in [2.75, 3.05) is 0 Å². The van der Waals surface area contributed by atoms with E-state index >= 15 is 0 Å². The lowest BCUT2D eigenvalue weighted by Crippen LogP contribution is -1.90. The van der Waals surface area contributed by atoms with Crippen molar-refractivity contribution in [3.05, 3.63) is 58.5 Å². The van der Waals surface area contributed by atoms with Gasteiger partial charge in [-0.3, -0.25) is 10.1 Å². The summed E-state index contributed by atoms with van der Waals surface area (Å²) in [5.41, 5.74) is 2.88. The first-order chi connectivity index (χ1) is 10.1. The molecule has 0 N–H and O–H groups in total. The molecule has 2 heterocycles. The quantitative estimate of drug-likeness (QED) is 0.420. The van der Waals surface area contributed by atoms with E-state index in [1.807, 2.05) is 23.7 Å². The van der Waals surface area contributed by atoms with Crippen molar-refractivity contribution in [3.8, 4) is 0 Å². The Balaban J connectivity index is 1.83. The smallest absolute Gasteiger partial charge is 0.269 e. The Kier molecular flexibility index (Phi) is 3.57. The van der Waals surface area contributed by atoms with Crippen LogP contribution in [0.2, 0.25) is 0 Å². The van der Waals surface area contributed by atoms with Crippen molar-refractivity contribution in [2.45, 2.75) is 10.8 Å². The molecular formula is C14H12N4O2S. The highest BCUT2D eigenvalue weighted by atomic mass is 32.2. The third kappa shape index (κ3) is 2.73. The molecular weight excluding hydrogens is 288 g/mol. The number of fused-ring (bicyclic) bond motifs is 1. The number of aryl methyl sites for hydroxylation is 1. The minimum Gasteiger partial charge on any atom is -0.334 e. The zero-order valence-electron chi connectivity index (χ0n) is 11.3. The molecule has 0 bridgehead atoms. The van der Waals surface area contributed by atoms with Gasteiger partial charge in [-0.15, -0.1) is 0 Å². The number of rotatable bonds is 4. The van der Waals surface area contributed by atoms with Crippen LogP contribution in [0.3, 0.4) is 0 Å². The predicted molar refractivity (Wildman–Crippen MR) is 81.2 cm³/mol. The standard InChI is InChI=1S/C14H12N4O2S/c1-17-9-16-13-12(17)5-6-15-14(13)21-8-10-3-2-4-11(7-10)18(19)20/h2-7,9H,8H2,1H3. The first-order valence-electron chi connectivity index (χ1n) is 6.27. The van der Waals surface area contributed by atoms with E-state index in [4.69, 9.17) is 0 Å². The molecule has 0 aliphatic heterocycles. The van der Waals surface area contributed by atoms with Crippen LogP contribution in [0.25, 0.3) is 11.0 Å². The molecule has 0 radical (unpaired) electrons. The van der Waals surface area contributed by atoms with Gasteiger partial charge < -0.3 is 4.57 Å². The maximum Gasteiger partial charge on any atom is 0.269 e.